The van der Waals surface area contributed by atoms with Crippen LogP contribution in [0.25, 0.3) is 0 Å². The van der Waals surface area contributed by atoms with E-state index < -0.39 is 5.97 Å². The van der Waals surface area contributed by atoms with Crippen molar-refractivity contribution in [1.82, 2.24) is 16.0 Å². The minimum atomic E-state index is -0.809. The van der Waals surface area contributed by atoms with E-state index in [0.717, 1.165) is 32.4 Å². The second kappa shape index (κ2) is 8.79. The van der Waals surface area contributed by atoms with Gasteiger partial charge in [-0.1, -0.05) is 13.8 Å². The molecule has 0 saturated carbocycles. The van der Waals surface area contributed by atoms with E-state index in [0.29, 0.717) is 12.5 Å². The molecule has 0 aromatic carbocycles. The van der Waals surface area contributed by atoms with Crippen molar-refractivity contribution in [3.63, 3.8) is 0 Å². The summed E-state index contributed by atoms with van der Waals surface area (Å²) in [7, 11) is 0. The predicted octanol–water partition coefficient (Wildman–Crippen LogP) is 1.17. The van der Waals surface area contributed by atoms with Crippen LogP contribution < -0.4 is 16.0 Å². The summed E-state index contributed by atoms with van der Waals surface area (Å²) in [6.07, 6.45) is 2.79. The quantitative estimate of drug-likeness (QED) is 0.565. The van der Waals surface area contributed by atoms with Gasteiger partial charge in [0.15, 0.2) is 0 Å². The smallest absolute Gasteiger partial charge is 0.315 e. The minimum Gasteiger partial charge on any atom is -0.481 e. The van der Waals surface area contributed by atoms with E-state index in [9.17, 15) is 9.59 Å². The van der Waals surface area contributed by atoms with Crippen molar-refractivity contribution in [2.75, 3.05) is 19.6 Å². The second-order valence-electron chi connectivity index (χ2n) is 5.97. The molecule has 1 fully saturated rings. The van der Waals surface area contributed by atoms with Gasteiger partial charge in [-0.2, -0.15) is 0 Å². The Bertz CT molecular complexity index is 315. The zero-order valence-electron chi connectivity index (χ0n) is 12.4. The number of urea groups is 1. The number of amides is 2. The monoisotopic (exact) mass is 285 g/mol. The van der Waals surface area contributed by atoms with Gasteiger partial charge in [0.05, 0.1) is 0 Å². The third-order valence-corrected chi connectivity index (χ3v) is 3.49. The molecule has 0 spiro atoms. The Hall–Kier alpha value is -1.30. The van der Waals surface area contributed by atoms with E-state index in [1.54, 1.807) is 0 Å². The van der Waals surface area contributed by atoms with E-state index in [4.69, 9.17) is 5.11 Å². The lowest BCUT2D eigenvalue weighted by Crippen LogP contribution is -2.47. The molecular formula is C14H27N3O3. The molecule has 20 heavy (non-hydrogen) atoms. The molecule has 0 aromatic heterocycles. The highest BCUT2D eigenvalue weighted by Gasteiger charge is 2.18. The maximum atomic E-state index is 11.8. The zero-order valence-corrected chi connectivity index (χ0v) is 12.4. The van der Waals surface area contributed by atoms with E-state index in [-0.39, 0.29) is 24.4 Å². The van der Waals surface area contributed by atoms with Crippen LogP contribution in [0.3, 0.4) is 0 Å². The Morgan fingerprint density at radius 3 is 2.50 bits per heavy atom. The van der Waals surface area contributed by atoms with Gasteiger partial charge in [0.1, 0.15) is 0 Å². The number of piperidine rings is 1. The molecule has 1 atom stereocenters. The maximum absolute atomic E-state index is 11.8. The summed E-state index contributed by atoms with van der Waals surface area (Å²) in [5, 5.41) is 17.9. The normalized spacial score (nSPS) is 17.8. The Balaban J connectivity index is 2.29. The predicted molar refractivity (Wildman–Crippen MR) is 77.6 cm³/mol. The molecule has 1 heterocycles. The SMILES string of the molecule is CC(C)C[C@H](CNC(=O)NC1CCNCC1)CC(=O)O. The first-order valence-corrected chi connectivity index (χ1v) is 7.44. The van der Waals surface area contributed by atoms with E-state index in [1.165, 1.54) is 0 Å². The summed E-state index contributed by atoms with van der Waals surface area (Å²) < 4.78 is 0. The van der Waals surface area contributed by atoms with Crippen LogP contribution in [-0.4, -0.2) is 42.8 Å². The number of hydrogen-bond acceptors (Lipinski definition) is 3. The number of nitrogens with one attached hydrogen (secondary N) is 3. The maximum Gasteiger partial charge on any atom is 0.315 e. The third-order valence-electron chi connectivity index (χ3n) is 3.49. The summed E-state index contributed by atoms with van der Waals surface area (Å²) in [4.78, 5) is 22.6. The van der Waals surface area contributed by atoms with Crippen molar-refractivity contribution in [1.29, 1.82) is 0 Å². The standard InChI is InChI=1S/C14H27N3O3/c1-10(2)7-11(8-13(18)19)9-16-14(20)17-12-3-5-15-6-4-12/h10-12,15H,3-9H2,1-2H3,(H,18,19)(H2,16,17,20)/t11-/m0/s1. The Kier molecular flexibility index (Phi) is 7.36. The van der Waals surface area contributed by atoms with E-state index in [2.05, 4.69) is 29.8 Å². The van der Waals surface area contributed by atoms with Crippen LogP contribution in [0.2, 0.25) is 0 Å². The molecule has 6 heteroatoms. The lowest BCUT2D eigenvalue weighted by Gasteiger charge is -2.24. The van der Waals surface area contributed by atoms with Crippen LogP contribution >= 0.6 is 0 Å². The first kappa shape index (κ1) is 16.8. The molecule has 0 aromatic rings. The fraction of sp³-hybridized carbons (Fsp3) is 0.857. The van der Waals surface area contributed by atoms with Crippen LogP contribution in [-0.2, 0) is 4.79 Å². The molecule has 1 saturated heterocycles. The summed E-state index contributed by atoms with van der Waals surface area (Å²) in [6.45, 7) is 6.40. The first-order valence-electron chi connectivity index (χ1n) is 7.44. The fourth-order valence-electron chi connectivity index (χ4n) is 2.59. The van der Waals surface area contributed by atoms with E-state index in [1.807, 2.05) is 0 Å². The number of rotatable bonds is 7. The molecule has 0 bridgehead atoms. The number of carboxylic acid groups (broad SMARTS) is 1. The zero-order chi connectivity index (χ0) is 15.0. The van der Waals surface area contributed by atoms with Crippen molar-refractivity contribution >= 4 is 12.0 Å². The first-order chi connectivity index (χ1) is 9.47. The number of hydrogen-bond donors (Lipinski definition) is 4. The molecule has 2 amide bonds. The molecule has 6 nitrogen and oxygen atoms in total. The largest absolute Gasteiger partial charge is 0.481 e. The third kappa shape index (κ3) is 7.33. The van der Waals surface area contributed by atoms with Crippen LogP contribution in [0.15, 0.2) is 0 Å². The van der Waals surface area contributed by atoms with Crippen molar-refractivity contribution in [3.05, 3.63) is 0 Å². The Labute approximate surface area is 120 Å². The number of carbonyl (C=O) groups is 2. The molecule has 1 aliphatic rings. The van der Waals surface area contributed by atoms with Gasteiger partial charge in [0.2, 0.25) is 0 Å². The van der Waals surface area contributed by atoms with Crippen molar-refractivity contribution in [3.8, 4) is 0 Å². The van der Waals surface area contributed by atoms with Gasteiger partial charge in [-0.15, -0.1) is 0 Å². The number of carbonyl (C=O) groups excluding carboxylic acids is 1. The summed E-state index contributed by atoms with van der Waals surface area (Å²) in [5.41, 5.74) is 0. The lowest BCUT2D eigenvalue weighted by molar-refractivity contribution is -0.138. The van der Waals surface area contributed by atoms with Crippen LogP contribution in [0.4, 0.5) is 4.79 Å². The van der Waals surface area contributed by atoms with Crippen molar-refractivity contribution in [2.45, 2.75) is 45.6 Å². The average molecular weight is 285 g/mol. The Morgan fingerprint density at radius 1 is 1.30 bits per heavy atom. The highest BCUT2D eigenvalue weighted by molar-refractivity contribution is 5.74. The number of carboxylic acids is 1. The molecule has 1 aliphatic heterocycles. The summed E-state index contributed by atoms with van der Waals surface area (Å²) >= 11 is 0. The molecule has 0 aliphatic carbocycles. The fourth-order valence-corrected chi connectivity index (χ4v) is 2.59. The summed E-state index contributed by atoms with van der Waals surface area (Å²) in [6, 6.07) is 0.0373. The van der Waals surface area contributed by atoms with Gasteiger partial charge in [0.25, 0.3) is 0 Å². The van der Waals surface area contributed by atoms with Crippen LogP contribution in [0.5, 0.6) is 0 Å². The van der Waals surface area contributed by atoms with Crippen molar-refractivity contribution in [2.24, 2.45) is 11.8 Å². The minimum absolute atomic E-state index is 0.00808. The molecule has 0 unspecified atom stereocenters. The van der Waals surface area contributed by atoms with Gasteiger partial charge < -0.3 is 21.1 Å². The van der Waals surface area contributed by atoms with Crippen molar-refractivity contribution < 1.29 is 14.7 Å². The topological polar surface area (TPSA) is 90.5 Å². The lowest BCUT2D eigenvalue weighted by atomic mass is 9.94. The Morgan fingerprint density at radius 2 is 1.95 bits per heavy atom. The molecule has 4 N–H and O–H groups in total. The number of aliphatic carboxylic acids is 1. The van der Waals surface area contributed by atoms with Gasteiger partial charge in [-0.05, 0) is 44.2 Å². The average Bonchev–Trinajstić information content (AvgIpc) is 2.36. The van der Waals surface area contributed by atoms with Gasteiger partial charge in [0, 0.05) is 19.0 Å². The van der Waals surface area contributed by atoms with E-state index >= 15 is 0 Å². The van der Waals surface area contributed by atoms with Gasteiger partial charge in [-0.25, -0.2) is 4.79 Å². The van der Waals surface area contributed by atoms with Gasteiger partial charge in [-0.3, -0.25) is 4.79 Å². The molecular weight excluding hydrogens is 258 g/mol. The highest BCUT2D eigenvalue weighted by atomic mass is 16.4. The second-order valence-corrected chi connectivity index (χ2v) is 5.97. The molecule has 116 valence electrons. The molecule has 1 rings (SSSR count). The summed E-state index contributed by atoms with van der Waals surface area (Å²) in [5.74, 6) is -0.392. The highest BCUT2D eigenvalue weighted by Crippen LogP contribution is 2.14. The van der Waals surface area contributed by atoms with Crippen LogP contribution in [0.1, 0.15) is 39.5 Å². The molecule has 0 radical (unpaired) electrons. The van der Waals surface area contributed by atoms with Crippen LogP contribution in [0, 0.1) is 11.8 Å². The van der Waals surface area contributed by atoms with Gasteiger partial charge >= 0.3 is 12.0 Å².